The van der Waals surface area contributed by atoms with E-state index in [0.29, 0.717) is 0 Å². The first-order valence-electron chi connectivity index (χ1n) is 9.48. The number of nitrogens with zero attached hydrogens (tertiary/aromatic N) is 3. The molecule has 0 amide bonds. The van der Waals surface area contributed by atoms with Gasteiger partial charge in [0.1, 0.15) is 18.0 Å². The fourth-order valence-corrected chi connectivity index (χ4v) is 4.07. The molecule has 3 heterocycles. The average molecular weight is 433 g/mol. The molecule has 0 spiro atoms. The Balaban J connectivity index is 1.50. The van der Waals surface area contributed by atoms with Gasteiger partial charge in [0.05, 0.1) is 13.2 Å². The largest absolute Gasteiger partial charge is 0.381 e. The maximum absolute atomic E-state index is 5.64. The summed E-state index contributed by atoms with van der Waals surface area (Å²) < 4.78 is 12.2. The van der Waals surface area contributed by atoms with Gasteiger partial charge in [0.2, 0.25) is 0 Å². The maximum Gasteiger partial charge on any atom is 0.134 e. The van der Waals surface area contributed by atoms with E-state index in [2.05, 4.69) is 60.4 Å². The van der Waals surface area contributed by atoms with E-state index in [4.69, 9.17) is 9.47 Å². The predicted octanol–water partition coefficient (Wildman–Crippen LogP) is 3.24. The van der Waals surface area contributed by atoms with E-state index >= 15 is 0 Å². The number of anilines is 2. The molecule has 2 aliphatic heterocycles. The highest BCUT2D eigenvalue weighted by Crippen LogP contribution is 2.35. The molecule has 0 atom stereocenters. The third-order valence-corrected chi connectivity index (χ3v) is 6.03. The Morgan fingerprint density at radius 2 is 1.70 bits per heavy atom. The van der Waals surface area contributed by atoms with Gasteiger partial charge in [0, 0.05) is 48.8 Å². The SMILES string of the molecule is Brc1ccc(C2(CNc3cc(N4CCOCC4)ncn3)CCOCC2)cc1. The monoisotopic (exact) mass is 432 g/mol. The van der Waals surface area contributed by atoms with Crippen molar-refractivity contribution >= 4 is 27.6 Å². The number of aromatic nitrogens is 2. The molecule has 2 fully saturated rings. The molecule has 0 unspecified atom stereocenters. The third-order valence-electron chi connectivity index (χ3n) is 5.50. The zero-order chi connectivity index (χ0) is 18.5. The molecule has 2 aliphatic rings. The van der Waals surface area contributed by atoms with Crippen molar-refractivity contribution in [3.05, 3.63) is 46.7 Å². The zero-order valence-electron chi connectivity index (χ0n) is 15.4. The Morgan fingerprint density at radius 3 is 2.44 bits per heavy atom. The Hall–Kier alpha value is -1.70. The molecule has 7 heteroatoms. The second-order valence-corrected chi connectivity index (χ2v) is 8.03. The quantitative estimate of drug-likeness (QED) is 0.782. The van der Waals surface area contributed by atoms with Crippen molar-refractivity contribution in [3.63, 3.8) is 0 Å². The average Bonchev–Trinajstić information content (AvgIpc) is 2.74. The van der Waals surface area contributed by atoms with E-state index in [1.807, 2.05) is 6.07 Å². The molecule has 27 heavy (non-hydrogen) atoms. The number of ether oxygens (including phenoxy) is 2. The summed E-state index contributed by atoms with van der Waals surface area (Å²) in [6, 6.07) is 10.7. The fraction of sp³-hybridized carbons (Fsp3) is 0.500. The third kappa shape index (κ3) is 4.42. The van der Waals surface area contributed by atoms with Crippen molar-refractivity contribution in [2.75, 3.05) is 56.3 Å². The fourth-order valence-electron chi connectivity index (χ4n) is 3.80. The number of hydrogen-bond donors (Lipinski definition) is 1. The number of rotatable bonds is 5. The molecule has 2 aromatic rings. The molecule has 6 nitrogen and oxygen atoms in total. The van der Waals surface area contributed by atoms with E-state index in [1.165, 1.54) is 5.56 Å². The molecule has 2 saturated heterocycles. The summed E-state index contributed by atoms with van der Waals surface area (Å²) in [5.74, 6) is 1.83. The summed E-state index contributed by atoms with van der Waals surface area (Å²) >= 11 is 3.54. The normalized spacial score (nSPS) is 19.7. The van der Waals surface area contributed by atoms with Gasteiger partial charge >= 0.3 is 0 Å². The van der Waals surface area contributed by atoms with E-state index in [1.54, 1.807) is 6.33 Å². The van der Waals surface area contributed by atoms with Crippen molar-refractivity contribution < 1.29 is 9.47 Å². The van der Waals surface area contributed by atoms with E-state index < -0.39 is 0 Å². The highest BCUT2D eigenvalue weighted by molar-refractivity contribution is 9.10. The first-order valence-corrected chi connectivity index (χ1v) is 10.3. The number of morpholine rings is 1. The number of benzene rings is 1. The number of nitrogens with one attached hydrogen (secondary N) is 1. The van der Waals surface area contributed by atoms with Gasteiger partial charge in [-0.25, -0.2) is 9.97 Å². The Bertz CT molecular complexity index is 744. The topological polar surface area (TPSA) is 59.5 Å². The van der Waals surface area contributed by atoms with Crippen molar-refractivity contribution in [2.24, 2.45) is 0 Å². The molecule has 4 rings (SSSR count). The van der Waals surface area contributed by atoms with Crippen LogP contribution in [-0.4, -0.2) is 56.0 Å². The summed E-state index contributed by atoms with van der Waals surface area (Å²) in [7, 11) is 0. The van der Waals surface area contributed by atoms with Gasteiger partial charge in [0.15, 0.2) is 0 Å². The first kappa shape index (κ1) is 18.7. The molecule has 1 aromatic heterocycles. The zero-order valence-corrected chi connectivity index (χ0v) is 17.0. The van der Waals surface area contributed by atoms with Crippen molar-refractivity contribution in [2.45, 2.75) is 18.3 Å². The Labute approximate surface area is 168 Å². The van der Waals surface area contributed by atoms with Crippen LogP contribution in [0.25, 0.3) is 0 Å². The van der Waals surface area contributed by atoms with Gasteiger partial charge in [0.25, 0.3) is 0 Å². The van der Waals surface area contributed by atoms with Crippen LogP contribution < -0.4 is 10.2 Å². The maximum atomic E-state index is 5.64. The van der Waals surface area contributed by atoms with Crippen LogP contribution in [0.5, 0.6) is 0 Å². The molecule has 1 N–H and O–H groups in total. The van der Waals surface area contributed by atoms with E-state index in [9.17, 15) is 0 Å². The van der Waals surface area contributed by atoms with Gasteiger partial charge in [-0.15, -0.1) is 0 Å². The summed E-state index contributed by atoms with van der Waals surface area (Å²) in [6.07, 6.45) is 3.65. The molecule has 0 bridgehead atoms. The van der Waals surface area contributed by atoms with E-state index in [0.717, 1.165) is 75.0 Å². The van der Waals surface area contributed by atoms with Crippen LogP contribution in [0.15, 0.2) is 41.1 Å². The molecular weight excluding hydrogens is 408 g/mol. The Kier molecular flexibility index (Phi) is 5.90. The molecule has 0 saturated carbocycles. The van der Waals surface area contributed by atoms with Crippen LogP contribution >= 0.6 is 15.9 Å². The lowest BCUT2D eigenvalue weighted by Gasteiger charge is -2.38. The van der Waals surface area contributed by atoms with Crippen molar-refractivity contribution in [1.29, 1.82) is 0 Å². The van der Waals surface area contributed by atoms with Crippen LogP contribution in [-0.2, 0) is 14.9 Å². The highest BCUT2D eigenvalue weighted by Gasteiger charge is 2.34. The van der Waals surface area contributed by atoms with Gasteiger partial charge in [-0.3, -0.25) is 0 Å². The number of halogens is 1. The van der Waals surface area contributed by atoms with Crippen LogP contribution in [0.3, 0.4) is 0 Å². The second kappa shape index (κ2) is 8.54. The van der Waals surface area contributed by atoms with Gasteiger partial charge < -0.3 is 19.7 Å². The minimum atomic E-state index is 0.0586. The van der Waals surface area contributed by atoms with Gasteiger partial charge in [-0.1, -0.05) is 28.1 Å². The van der Waals surface area contributed by atoms with E-state index in [-0.39, 0.29) is 5.41 Å². The lowest BCUT2D eigenvalue weighted by atomic mass is 9.74. The molecule has 0 radical (unpaired) electrons. The van der Waals surface area contributed by atoms with Crippen molar-refractivity contribution in [3.8, 4) is 0 Å². The standard InChI is InChI=1S/C20H25BrN4O2/c21-17-3-1-16(2-4-17)20(5-9-26-10-6-20)14-22-18-13-19(24-15-23-18)25-7-11-27-12-8-25/h1-4,13,15H,5-12,14H2,(H,22,23,24). The molecule has 1 aromatic carbocycles. The lowest BCUT2D eigenvalue weighted by Crippen LogP contribution is -2.40. The minimum Gasteiger partial charge on any atom is -0.381 e. The Morgan fingerprint density at radius 1 is 1.00 bits per heavy atom. The van der Waals surface area contributed by atoms with Crippen LogP contribution in [0.1, 0.15) is 18.4 Å². The molecule has 0 aliphatic carbocycles. The summed E-state index contributed by atoms with van der Waals surface area (Å²) in [5, 5.41) is 3.57. The lowest BCUT2D eigenvalue weighted by molar-refractivity contribution is 0.0543. The van der Waals surface area contributed by atoms with Gasteiger partial charge in [-0.05, 0) is 30.5 Å². The molecular formula is C20H25BrN4O2. The summed E-state index contributed by atoms with van der Waals surface area (Å²) in [5.41, 5.74) is 1.41. The number of hydrogen-bond acceptors (Lipinski definition) is 6. The van der Waals surface area contributed by atoms with Crippen LogP contribution in [0.2, 0.25) is 0 Å². The molecule has 144 valence electrons. The van der Waals surface area contributed by atoms with Crippen LogP contribution in [0.4, 0.5) is 11.6 Å². The summed E-state index contributed by atoms with van der Waals surface area (Å²) in [4.78, 5) is 11.1. The van der Waals surface area contributed by atoms with Gasteiger partial charge in [-0.2, -0.15) is 0 Å². The minimum absolute atomic E-state index is 0.0586. The smallest absolute Gasteiger partial charge is 0.134 e. The van der Waals surface area contributed by atoms with Crippen molar-refractivity contribution in [1.82, 2.24) is 9.97 Å². The highest BCUT2D eigenvalue weighted by atomic mass is 79.9. The summed E-state index contributed by atoms with van der Waals surface area (Å²) in [6.45, 7) is 5.66. The predicted molar refractivity (Wildman–Crippen MR) is 109 cm³/mol. The van der Waals surface area contributed by atoms with Crippen LogP contribution in [0, 0.1) is 0 Å². The second-order valence-electron chi connectivity index (χ2n) is 7.11. The first-order chi connectivity index (χ1) is 13.3.